The molecule has 0 N–H and O–H groups in total. The van der Waals surface area contributed by atoms with Gasteiger partial charge in [-0.2, -0.15) is 0 Å². The molecule has 0 unspecified atom stereocenters. The molecule has 2 heteroatoms. The minimum absolute atomic E-state index is 0.909. The minimum Gasteiger partial charge on any atom is -0.345 e. The van der Waals surface area contributed by atoms with Crippen molar-refractivity contribution < 1.29 is 0 Å². The summed E-state index contributed by atoms with van der Waals surface area (Å²) in [4.78, 5) is 4.47. The van der Waals surface area contributed by atoms with E-state index in [-0.39, 0.29) is 0 Å². The Morgan fingerprint density at radius 2 is 0.967 bits per heavy atom. The molecule has 4 aromatic carbocycles. The van der Waals surface area contributed by atoms with Gasteiger partial charge in [-0.1, -0.05) is 60.2 Å². The van der Waals surface area contributed by atoms with Crippen LogP contribution in [0.2, 0.25) is 0 Å². The van der Waals surface area contributed by atoms with E-state index in [1.807, 2.05) is 6.07 Å². The van der Waals surface area contributed by atoms with Crippen molar-refractivity contribution in [3.8, 4) is 0 Å². The minimum atomic E-state index is 0.909. The van der Waals surface area contributed by atoms with Crippen molar-refractivity contribution in [3.05, 3.63) is 120 Å². The molecule has 2 nitrogen and oxygen atoms in total. The van der Waals surface area contributed by atoms with Gasteiger partial charge in [-0.05, 0) is 73.0 Å². The van der Waals surface area contributed by atoms with Crippen molar-refractivity contribution in [1.82, 2.24) is 0 Å². The molecule has 0 aromatic heterocycles. The second kappa shape index (κ2) is 8.87. The lowest BCUT2D eigenvalue weighted by Crippen LogP contribution is -2.10. The zero-order chi connectivity index (χ0) is 20.9. The third-order valence-corrected chi connectivity index (χ3v) is 5.57. The lowest BCUT2D eigenvalue weighted by molar-refractivity contribution is 1.14. The average Bonchev–Trinajstić information content (AvgIpc) is 2.79. The molecule has 0 aliphatic heterocycles. The maximum atomic E-state index is 2.29. The van der Waals surface area contributed by atoms with E-state index < -0.39 is 0 Å². The number of anilines is 4. The zero-order valence-electron chi connectivity index (χ0n) is 17.9. The first-order valence-electron chi connectivity index (χ1n) is 10.4. The summed E-state index contributed by atoms with van der Waals surface area (Å²) in [6.45, 7) is 2.12. The molecule has 4 rings (SSSR count). The van der Waals surface area contributed by atoms with Gasteiger partial charge in [0.1, 0.15) is 0 Å². The summed E-state index contributed by atoms with van der Waals surface area (Å²) >= 11 is 0. The molecular formula is C28H28N2. The van der Waals surface area contributed by atoms with Crippen molar-refractivity contribution in [2.24, 2.45) is 0 Å². The Kier molecular flexibility index (Phi) is 5.85. The van der Waals surface area contributed by atoms with E-state index in [4.69, 9.17) is 0 Å². The Labute approximate surface area is 180 Å². The molecule has 0 radical (unpaired) electrons. The Morgan fingerprint density at radius 3 is 1.50 bits per heavy atom. The summed E-state index contributed by atoms with van der Waals surface area (Å²) in [5.74, 6) is 0. The largest absolute Gasteiger partial charge is 0.345 e. The fourth-order valence-corrected chi connectivity index (χ4v) is 3.70. The molecule has 0 aliphatic rings. The van der Waals surface area contributed by atoms with Crippen LogP contribution in [-0.2, 0) is 6.42 Å². The monoisotopic (exact) mass is 392 g/mol. The van der Waals surface area contributed by atoms with Crippen LogP contribution in [0.15, 0.2) is 103 Å². The van der Waals surface area contributed by atoms with Crippen molar-refractivity contribution in [2.75, 3.05) is 23.9 Å². The van der Waals surface area contributed by atoms with Crippen molar-refractivity contribution in [3.63, 3.8) is 0 Å². The average molecular weight is 393 g/mol. The van der Waals surface area contributed by atoms with Gasteiger partial charge in [0.15, 0.2) is 0 Å². The molecule has 0 heterocycles. The number of para-hydroxylation sites is 1. The van der Waals surface area contributed by atoms with E-state index in [1.54, 1.807) is 0 Å². The Morgan fingerprint density at radius 1 is 0.500 bits per heavy atom. The molecular weight excluding hydrogens is 364 g/mol. The van der Waals surface area contributed by atoms with Gasteiger partial charge in [-0.15, -0.1) is 0 Å². The summed E-state index contributed by atoms with van der Waals surface area (Å²) in [5.41, 5.74) is 8.69. The van der Waals surface area contributed by atoms with Crippen molar-refractivity contribution in [1.29, 1.82) is 0 Å². The van der Waals surface area contributed by atoms with Gasteiger partial charge >= 0.3 is 0 Å². The quantitative estimate of drug-likeness (QED) is 0.345. The molecule has 0 saturated heterocycles. The lowest BCUT2D eigenvalue weighted by Gasteiger charge is -2.21. The van der Waals surface area contributed by atoms with Gasteiger partial charge in [0.05, 0.1) is 0 Å². The van der Waals surface area contributed by atoms with Crippen LogP contribution in [0.4, 0.5) is 22.7 Å². The second-order valence-electron chi connectivity index (χ2n) is 7.81. The Bertz CT molecular complexity index is 1100. The van der Waals surface area contributed by atoms with Crippen LogP contribution in [0.5, 0.6) is 0 Å². The predicted octanol–water partition coefficient (Wildman–Crippen LogP) is 7.12. The van der Waals surface area contributed by atoms with E-state index in [1.165, 1.54) is 39.4 Å². The molecule has 0 saturated carbocycles. The van der Waals surface area contributed by atoms with E-state index in [0.717, 1.165) is 6.42 Å². The van der Waals surface area contributed by atoms with Crippen LogP contribution in [0.3, 0.4) is 0 Å². The van der Waals surface area contributed by atoms with Gasteiger partial charge in [0.2, 0.25) is 0 Å². The molecule has 150 valence electrons. The third kappa shape index (κ3) is 4.55. The molecule has 0 amide bonds. The lowest BCUT2D eigenvalue weighted by atomic mass is 10.0. The number of hydrogen-bond acceptors (Lipinski definition) is 2. The number of nitrogens with zero attached hydrogens (tertiary/aromatic N) is 2. The van der Waals surface area contributed by atoms with Gasteiger partial charge in [0, 0.05) is 36.8 Å². The van der Waals surface area contributed by atoms with E-state index in [0.29, 0.717) is 0 Å². The summed E-state index contributed by atoms with van der Waals surface area (Å²) in [7, 11) is 4.24. The first kappa shape index (κ1) is 19.8. The predicted molar refractivity (Wildman–Crippen MR) is 129 cm³/mol. The summed E-state index contributed by atoms with van der Waals surface area (Å²) in [5, 5.41) is 0. The first-order chi connectivity index (χ1) is 14.6. The van der Waals surface area contributed by atoms with Crippen LogP contribution < -0.4 is 9.80 Å². The van der Waals surface area contributed by atoms with Crippen LogP contribution in [0, 0.1) is 6.92 Å². The Balaban J connectivity index is 1.54. The van der Waals surface area contributed by atoms with Gasteiger partial charge in [0.25, 0.3) is 0 Å². The SMILES string of the molecule is Cc1ccc(N(C)c2cccc(Cc3cccc(N(C)c4ccccc4)c3)c2)cc1. The van der Waals surface area contributed by atoms with E-state index in [9.17, 15) is 0 Å². The third-order valence-electron chi connectivity index (χ3n) is 5.57. The number of hydrogen-bond donors (Lipinski definition) is 0. The van der Waals surface area contributed by atoms with Gasteiger partial charge < -0.3 is 9.80 Å². The molecule has 4 aromatic rings. The maximum absolute atomic E-state index is 2.29. The zero-order valence-corrected chi connectivity index (χ0v) is 17.9. The van der Waals surface area contributed by atoms with Crippen LogP contribution >= 0.6 is 0 Å². The smallest absolute Gasteiger partial charge is 0.0410 e. The highest BCUT2D eigenvalue weighted by Gasteiger charge is 2.07. The fraction of sp³-hybridized carbons (Fsp3) is 0.143. The highest BCUT2D eigenvalue weighted by Crippen LogP contribution is 2.27. The molecule has 0 fully saturated rings. The molecule has 0 spiro atoms. The Hall–Kier alpha value is -3.52. The molecule has 0 bridgehead atoms. The van der Waals surface area contributed by atoms with E-state index in [2.05, 4.69) is 128 Å². The van der Waals surface area contributed by atoms with Gasteiger partial charge in [-0.25, -0.2) is 0 Å². The summed E-state index contributed by atoms with van der Waals surface area (Å²) in [6.07, 6.45) is 0.909. The first-order valence-corrected chi connectivity index (χ1v) is 10.4. The summed E-state index contributed by atoms with van der Waals surface area (Å²) < 4.78 is 0. The normalized spacial score (nSPS) is 10.6. The topological polar surface area (TPSA) is 6.48 Å². The van der Waals surface area contributed by atoms with Crippen LogP contribution in [0.1, 0.15) is 16.7 Å². The van der Waals surface area contributed by atoms with Crippen LogP contribution in [-0.4, -0.2) is 14.1 Å². The second-order valence-corrected chi connectivity index (χ2v) is 7.81. The van der Waals surface area contributed by atoms with Crippen molar-refractivity contribution in [2.45, 2.75) is 13.3 Å². The standard InChI is InChI=1S/C28H28N2/c1-22-15-17-26(18-16-22)30(3)28-14-8-10-24(21-28)19-23-9-7-13-27(20-23)29(2)25-11-5-4-6-12-25/h4-18,20-21H,19H2,1-3H3. The van der Waals surface area contributed by atoms with Gasteiger partial charge in [-0.3, -0.25) is 0 Å². The highest BCUT2D eigenvalue weighted by atomic mass is 15.1. The number of aryl methyl sites for hydroxylation is 1. The number of benzene rings is 4. The highest BCUT2D eigenvalue weighted by molar-refractivity contribution is 5.65. The fourth-order valence-electron chi connectivity index (χ4n) is 3.70. The molecule has 0 atom stereocenters. The maximum Gasteiger partial charge on any atom is 0.0410 e. The summed E-state index contributed by atoms with van der Waals surface area (Å²) in [6, 6.07) is 36.7. The molecule has 30 heavy (non-hydrogen) atoms. The molecule has 0 aliphatic carbocycles. The van der Waals surface area contributed by atoms with E-state index >= 15 is 0 Å². The number of rotatable bonds is 6. The van der Waals surface area contributed by atoms with Crippen molar-refractivity contribution >= 4 is 22.7 Å². The van der Waals surface area contributed by atoms with Crippen LogP contribution in [0.25, 0.3) is 0 Å².